The van der Waals surface area contributed by atoms with Gasteiger partial charge in [-0.3, -0.25) is 14.3 Å². The summed E-state index contributed by atoms with van der Waals surface area (Å²) in [6.45, 7) is 2.58. The van der Waals surface area contributed by atoms with Crippen LogP contribution >= 0.6 is 0 Å². The summed E-state index contributed by atoms with van der Waals surface area (Å²) in [6.07, 6.45) is 5.01. The van der Waals surface area contributed by atoms with Crippen molar-refractivity contribution in [1.29, 1.82) is 0 Å². The van der Waals surface area contributed by atoms with Gasteiger partial charge in [0.2, 0.25) is 0 Å². The van der Waals surface area contributed by atoms with Crippen molar-refractivity contribution in [2.75, 3.05) is 19.6 Å². The minimum Gasteiger partial charge on any atom is -0.480 e. The lowest BCUT2D eigenvalue weighted by molar-refractivity contribution is -0.137. The summed E-state index contributed by atoms with van der Waals surface area (Å²) in [6, 6.07) is 7.58. The number of rotatable bonds is 8. The van der Waals surface area contributed by atoms with Crippen LogP contribution in [0, 0.1) is 5.82 Å². The van der Waals surface area contributed by atoms with Crippen molar-refractivity contribution in [1.82, 2.24) is 14.7 Å². The summed E-state index contributed by atoms with van der Waals surface area (Å²) in [5.74, 6) is -0.907. The van der Waals surface area contributed by atoms with Crippen molar-refractivity contribution in [2.45, 2.75) is 38.1 Å². The molecule has 6 nitrogen and oxygen atoms in total. The monoisotopic (exact) mass is 373 g/mol. The minimum atomic E-state index is -0.902. The van der Waals surface area contributed by atoms with E-state index < -0.39 is 5.97 Å². The highest BCUT2D eigenvalue weighted by molar-refractivity contribution is 5.95. The molecule has 7 heteroatoms. The Morgan fingerprint density at radius 2 is 2.00 bits per heavy atom. The maximum atomic E-state index is 12.9. The Balaban J connectivity index is 1.47. The molecule has 0 aliphatic carbocycles. The zero-order valence-corrected chi connectivity index (χ0v) is 15.2. The lowest BCUT2D eigenvalue weighted by atomic mass is 9.94. The summed E-state index contributed by atoms with van der Waals surface area (Å²) in [7, 11) is 0. The number of aromatic nitrogens is 2. The van der Waals surface area contributed by atoms with Gasteiger partial charge in [0, 0.05) is 30.6 Å². The van der Waals surface area contributed by atoms with E-state index >= 15 is 0 Å². The van der Waals surface area contributed by atoms with E-state index in [2.05, 4.69) is 10.00 Å². The fraction of sp³-hybridized carbons (Fsp3) is 0.450. The number of aliphatic carboxylic acids is 1. The van der Waals surface area contributed by atoms with Crippen LogP contribution in [0.3, 0.4) is 0 Å². The first-order valence-electron chi connectivity index (χ1n) is 9.27. The number of halogens is 1. The molecule has 1 unspecified atom stereocenters. The maximum Gasteiger partial charge on any atom is 0.325 e. The summed E-state index contributed by atoms with van der Waals surface area (Å²) in [5, 5.41) is 13.2. The first-order valence-corrected chi connectivity index (χ1v) is 9.27. The van der Waals surface area contributed by atoms with Crippen LogP contribution < -0.4 is 0 Å². The van der Waals surface area contributed by atoms with Gasteiger partial charge in [0.1, 0.15) is 12.4 Å². The molecule has 2 heterocycles. The topological polar surface area (TPSA) is 75.4 Å². The van der Waals surface area contributed by atoms with E-state index in [1.54, 1.807) is 6.20 Å². The predicted molar refractivity (Wildman–Crippen MR) is 98.2 cm³/mol. The third-order valence-electron chi connectivity index (χ3n) is 4.93. The van der Waals surface area contributed by atoms with E-state index in [-0.39, 0.29) is 18.1 Å². The molecule has 2 aromatic rings. The summed E-state index contributed by atoms with van der Waals surface area (Å²) >= 11 is 0. The second-order valence-corrected chi connectivity index (χ2v) is 7.01. The molecule has 1 saturated heterocycles. The average molecular weight is 373 g/mol. The van der Waals surface area contributed by atoms with Crippen molar-refractivity contribution in [3.63, 3.8) is 0 Å². The standard InChI is InChI=1S/C20H24FN3O3/c21-17-7-5-15(6-8-17)19(25)4-2-11-23-10-1-3-16(13-23)18-9-12-24(22-18)14-20(26)27/h5-9,12,16H,1-4,10-11,13-14H2,(H,26,27). The van der Waals surface area contributed by atoms with Crippen LogP contribution in [-0.2, 0) is 11.3 Å². The minimum absolute atomic E-state index is 0.0379. The van der Waals surface area contributed by atoms with Crippen LogP contribution in [-0.4, -0.2) is 51.2 Å². The molecule has 1 aliphatic heterocycles. The predicted octanol–water partition coefficient (Wildman–Crippen LogP) is 2.95. The second-order valence-electron chi connectivity index (χ2n) is 7.01. The number of carbonyl (C=O) groups excluding carboxylic acids is 1. The highest BCUT2D eigenvalue weighted by Crippen LogP contribution is 2.25. The first-order chi connectivity index (χ1) is 13.0. The van der Waals surface area contributed by atoms with Crippen molar-refractivity contribution in [2.24, 2.45) is 0 Å². The number of ketones is 1. The smallest absolute Gasteiger partial charge is 0.325 e. The van der Waals surface area contributed by atoms with Crippen LogP contribution in [0.4, 0.5) is 4.39 Å². The largest absolute Gasteiger partial charge is 0.480 e. The number of hydrogen-bond acceptors (Lipinski definition) is 4. The van der Waals surface area contributed by atoms with Crippen molar-refractivity contribution in [3.05, 3.63) is 53.6 Å². The van der Waals surface area contributed by atoms with E-state index in [1.807, 2.05) is 6.07 Å². The van der Waals surface area contributed by atoms with Gasteiger partial charge in [-0.15, -0.1) is 0 Å². The molecular formula is C20H24FN3O3. The summed E-state index contributed by atoms with van der Waals surface area (Å²) < 4.78 is 14.4. The number of carboxylic acid groups (broad SMARTS) is 1. The van der Waals surface area contributed by atoms with E-state index in [4.69, 9.17) is 5.11 Å². The highest BCUT2D eigenvalue weighted by atomic mass is 19.1. The number of benzene rings is 1. The molecule has 27 heavy (non-hydrogen) atoms. The quantitative estimate of drug-likeness (QED) is 0.720. The second kappa shape index (κ2) is 8.90. The fourth-order valence-corrected chi connectivity index (χ4v) is 3.57. The van der Waals surface area contributed by atoms with E-state index in [9.17, 15) is 14.0 Å². The van der Waals surface area contributed by atoms with E-state index in [1.165, 1.54) is 28.9 Å². The third-order valence-corrected chi connectivity index (χ3v) is 4.93. The molecule has 0 amide bonds. The highest BCUT2D eigenvalue weighted by Gasteiger charge is 2.23. The maximum absolute atomic E-state index is 12.9. The Kier molecular flexibility index (Phi) is 6.34. The van der Waals surface area contributed by atoms with Crippen LogP contribution in [0.25, 0.3) is 0 Å². The van der Waals surface area contributed by atoms with Crippen LogP contribution in [0.15, 0.2) is 36.5 Å². The molecule has 1 fully saturated rings. The number of hydrogen-bond donors (Lipinski definition) is 1. The Bertz CT molecular complexity index is 788. The third kappa shape index (κ3) is 5.47. The normalized spacial score (nSPS) is 17.7. The lowest BCUT2D eigenvalue weighted by Crippen LogP contribution is -2.35. The molecule has 1 atom stereocenters. The summed E-state index contributed by atoms with van der Waals surface area (Å²) in [4.78, 5) is 25.3. The molecule has 0 radical (unpaired) electrons. The number of nitrogens with zero attached hydrogens (tertiary/aromatic N) is 3. The van der Waals surface area contributed by atoms with Gasteiger partial charge in [-0.2, -0.15) is 5.10 Å². The Labute approximate surface area is 157 Å². The number of carboxylic acids is 1. The van der Waals surface area contributed by atoms with Gasteiger partial charge < -0.3 is 10.0 Å². The van der Waals surface area contributed by atoms with Gasteiger partial charge in [-0.1, -0.05) is 0 Å². The molecular weight excluding hydrogens is 349 g/mol. The molecule has 1 N–H and O–H groups in total. The molecule has 0 spiro atoms. The Morgan fingerprint density at radius 3 is 2.74 bits per heavy atom. The van der Waals surface area contributed by atoms with Gasteiger partial charge >= 0.3 is 5.97 Å². The number of Topliss-reactive ketones (excluding diaryl/α,β-unsaturated/α-hetero) is 1. The fourth-order valence-electron chi connectivity index (χ4n) is 3.57. The van der Waals surface area contributed by atoms with Gasteiger partial charge in [0.25, 0.3) is 0 Å². The number of piperidine rings is 1. The molecule has 1 aromatic carbocycles. The average Bonchev–Trinajstić information content (AvgIpc) is 3.10. The molecule has 1 aromatic heterocycles. The van der Waals surface area contributed by atoms with Crippen LogP contribution in [0.2, 0.25) is 0 Å². The van der Waals surface area contributed by atoms with Gasteiger partial charge in [0.05, 0.1) is 5.69 Å². The lowest BCUT2D eigenvalue weighted by Gasteiger charge is -2.31. The Morgan fingerprint density at radius 1 is 1.22 bits per heavy atom. The number of likely N-dealkylation sites (tertiary alicyclic amines) is 1. The summed E-state index contributed by atoms with van der Waals surface area (Å²) in [5.41, 5.74) is 1.49. The van der Waals surface area contributed by atoms with Gasteiger partial charge in [-0.05, 0) is 62.7 Å². The zero-order valence-electron chi connectivity index (χ0n) is 15.2. The van der Waals surface area contributed by atoms with Gasteiger partial charge in [-0.25, -0.2) is 4.39 Å². The Hall–Kier alpha value is -2.54. The van der Waals surface area contributed by atoms with E-state index in [0.717, 1.165) is 44.6 Å². The van der Waals surface area contributed by atoms with Crippen molar-refractivity contribution >= 4 is 11.8 Å². The van der Waals surface area contributed by atoms with Crippen molar-refractivity contribution in [3.8, 4) is 0 Å². The number of carbonyl (C=O) groups is 2. The molecule has 0 saturated carbocycles. The van der Waals surface area contributed by atoms with Crippen LogP contribution in [0.5, 0.6) is 0 Å². The molecule has 1 aliphatic rings. The van der Waals surface area contributed by atoms with Crippen LogP contribution in [0.1, 0.15) is 47.7 Å². The molecule has 144 valence electrons. The molecule has 0 bridgehead atoms. The van der Waals surface area contributed by atoms with Crippen molar-refractivity contribution < 1.29 is 19.1 Å². The zero-order chi connectivity index (χ0) is 19.2. The van der Waals surface area contributed by atoms with E-state index in [0.29, 0.717) is 17.9 Å². The first kappa shape index (κ1) is 19.2. The van der Waals surface area contributed by atoms with Gasteiger partial charge in [0.15, 0.2) is 5.78 Å². The molecule has 3 rings (SSSR count). The SMILES string of the molecule is O=C(O)Cn1ccc(C2CCCN(CCCC(=O)c3ccc(F)cc3)C2)n1.